The molecule has 0 bridgehead atoms. The minimum atomic E-state index is 0.944. The van der Waals surface area contributed by atoms with Crippen molar-refractivity contribution in [2.24, 2.45) is 5.92 Å². The Bertz CT molecular complexity index is 198. The molecule has 0 radical (unpaired) electrons. The smallest absolute Gasteiger partial charge is 0.168 e. The molecule has 0 spiro atoms. The molecule has 0 aliphatic carbocycles. The lowest BCUT2D eigenvalue weighted by Gasteiger charge is -2.33. The summed E-state index contributed by atoms with van der Waals surface area (Å²) in [4.78, 5) is 2.34. The Morgan fingerprint density at radius 3 is 2.50 bits per heavy atom. The molecule has 1 heterocycles. The maximum absolute atomic E-state index is 5.41. The summed E-state index contributed by atoms with van der Waals surface area (Å²) >= 11 is 5.41. The van der Waals surface area contributed by atoms with Crippen LogP contribution in [-0.2, 0) is 0 Å². The summed E-state index contributed by atoms with van der Waals surface area (Å²) < 4.78 is 0. The van der Waals surface area contributed by atoms with Crippen LogP contribution in [0.1, 0.15) is 52.4 Å². The monoisotopic (exact) mass is 242 g/mol. The first-order valence-electron chi connectivity index (χ1n) is 6.80. The van der Waals surface area contributed by atoms with Gasteiger partial charge < -0.3 is 10.2 Å². The normalized spacial score (nSPS) is 17.5. The summed E-state index contributed by atoms with van der Waals surface area (Å²) in [6.07, 6.45) is 7.81. The van der Waals surface area contributed by atoms with Crippen LogP contribution in [0.4, 0.5) is 0 Å². The standard InChI is InChI=1S/C13H26N2S/c1-3-5-9-14-13(16)15-10-7-12(6-4-2)8-11-15/h12H,3-11H2,1-2H3,(H,14,16). The number of unbranched alkanes of at least 4 members (excludes halogenated alkanes) is 1. The highest BCUT2D eigenvalue weighted by Gasteiger charge is 2.19. The highest BCUT2D eigenvalue weighted by Crippen LogP contribution is 2.21. The minimum absolute atomic E-state index is 0.944. The fraction of sp³-hybridized carbons (Fsp3) is 0.923. The molecule has 1 saturated heterocycles. The van der Waals surface area contributed by atoms with Gasteiger partial charge >= 0.3 is 0 Å². The van der Waals surface area contributed by atoms with Crippen molar-refractivity contribution in [3.05, 3.63) is 0 Å². The number of hydrogen-bond acceptors (Lipinski definition) is 1. The van der Waals surface area contributed by atoms with Crippen molar-refractivity contribution in [2.45, 2.75) is 52.4 Å². The van der Waals surface area contributed by atoms with Crippen molar-refractivity contribution >= 4 is 17.3 Å². The van der Waals surface area contributed by atoms with Gasteiger partial charge in [0.25, 0.3) is 0 Å². The molecule has 1 N–H and O–H groups in total. The van der Waals surface area contributed by atoms with E-state index in [-0.39, 0.29) is 0 Å². The topological polar surface area (TPSA) is 15.3 Å². The molecule has 0 unspecified atom stereocenters. The van der Waals surface area contributed by atoms with Gasteiger partial charge in [0.2, 0.25) is 0 Å². The fourth-order valence-electron chi connectivity index (χ4n) is 2.32. The van der Waals surface area contributed by atoms with Crippen LogP contribution in [-0.4, -0.2) is 29.6 Å². The van der Waals surface area contributed by atoms with E-state index >= 15 is 0 Å². The molecule has 1 rings (SSSR count). The summed E-state index contributed by atoms with van der Waals surface area (Å²) in [5.41, 5.74) is 0. The second kappa shape index (κ2) is 7.88. The third-order valence-corrected chi connectivity index (χ3v) is 3.81. The number of likely N-dealkylation sites (tertiary alicyclic amines) is 1. The van der Waals surface area contributed by atoms with Crippen molar-refractivity contribution in [1.29, 1.82) is 0 Å². The number of nitrogens with zero attached hydrogens (tertiary/aromatic N) is 1. The van der Waals surface area contributed by atoms with Crippen LogP contribution in [0.3, 0.4) is 0 Å². The molecule has 0 aromatic rings. The van der Waals surface area contributed by atoms with Gasteiger partial charge in [-0.15, -0.1) is 0 Å². The molecule has 3 heteroatoms. The highest BCUT2D eigenvalue weighted by atomic mass is 32.1. The number of thiocarbonyl (C=S) groups is 1. The third kappa shape index (κ3) is 4.69. The molecular weight excluding hydrogens is 216 g/mol. The van der Waals surface area contributed by atoms with Gasteiger partial charge in [-0.05, 0) is 37.4 Å². The molecule has 16 heavy (non-hydrogen) atoms. The third-order valence-electron chi connectivity index (χ3n) is 3.41. The lowest BCUT2D eigenvalue weighted by Crippen LogP contribution is -2.44. The van der Waals surface area contributed by atoms with Crippen LogP contribution < -0.4 is 5.32 Å². The van der Waals surface area contributed by atoms with E-state index in [4.69, 9.17) is 12.2 Å². The van der Waals surface area contributed by atoms with Gasteiger partial charge in [0.15, 0.2) is 5.11 Å². The molecule has 1 fully saturated rings. The average Bonchev–Trinajstić information content (AvgIpc) is 2.30. The van der Waals surface area contributed by atoms with E-state index in [1.54, 1.807) is 0 Å². The highest BCUT2D eigenvalue weighted by molar-refractivity contribution is 7.80. The number of nitrogens with one attached hydrogen (secondary N) is 1. The van der Waals surface area contributed by atoms with Crippen LogP contribution >= 0.6 is 12.2 Å². The predicted molar refractivity (Wildman–Crippen MR) is 74.7 cm³/mol. The Morgan fingerprint density at radius 1 is 1.25 bits per heavy atom. The van der Waals surface area contributed by atoms with Crippen LogP contribution in [0.15, 0.2) is 0 Å². The predicted octanol–water partition coefficient (Wildman–Crippen LogP) is 3.17. The van der Waals surface area contributed by atoms with Gasteiger partial charge in [-0.3, -0.25) is 0 Å². The van der Waals surface area contributed by atoms with E-state index in [1.807, 2.05) is 0 Å². The molecule has 2 nitrogen and oxygen atoms in total. The number of hydrogen-bond donors (Lipinski definition) is 1. The Labute approximate surface area is 106 Å². The Morgan fingerprint density at radius 2 is 1.94 bits per heavy atom. The molecule has 0 saturated carbocycles. The van der Waals surface area contributed by atoms with Gasteiger partial charge in [0, 0.05) is 19.6 Å². The average molecular weight is 242 g/mol. The number of piperidine rings is 1. The summed E-state index contributed by atoms with van der Waals surface area (Å²) in [5.74, 6) is 0.944. The van der Waals surface area contributed by atoms with Gasteiger partial charge in [0.05, 0.1) is 0 Å². The summed E-state index contributed by atoms with van der Waals surface area (Å²) in [6, 6.07) is 0. The SMILES string of the molecule is CCCCNC(=S)N1CCC(CCC)CC1. The van der Waals surface area contributed by atoms with E-state index in [0.29, 0.717) is 0 Å². The largest absolute Gasteiger partial charge is 0.363 e. The molecule has 1 aliphatic rings. The lowest BCUT2D eigenvalue weighted by molar-refractivity contribution is 0.253. The molecule has 94 valence electrons. The van der Waals surface area contributed by atoms with Crippen LogP contribution in [0.25, 0.3) is 0 Å². The Hall–Kier alpha value is -0.310. The van der Waals surface area contributed by atoms with Gasteiger partial charge in [0.1, 0.15) is 0 Å². The molecular formula is C13H26N2S. The zero-order valence-corrected chi connectivity index (χ0v) is 11.6. The van der Waals surface area contributed by atoms with E-state index in [1.165, 1.54) is 38.5 Å². The van der Waals surface area contributed by atoms with Crippen molar-refractivity contribution in [2.75, 3.05) is 19.6 Å². The Balaban J connectivity index is 2.17. The van der Waals surface area contributed by atoms with E-state index < -0.39 is 0 Å². The molecule has 0 aromatic carbocycles. The van der Waals surface area contributed by atoms with Gasteiger partial charge in [-0.25, -0.2) is 0 Å². The van der Waals surface area contributed by atoms with Crippen LogP contribution in [0.2, 0.25) is 0 Å². The van der Waals surface area contributed by atoms with Crippen molar-refractivity contribution in [3.8, 4) is 0 Å². The molecule has 0 atom stereocenters. The first-order valence-corrected chi connectivity index (χ1v) is 7.21. The van der Waals surface area contributed by atoms with E-state index in [0.717, 1.165) is 30.7 Å². The maximum atomic E-state index is 5.41. The molecule has 0 aromatic heterocycles. The molecule has 1 aliphatic heterocycles. The first-order chi connectivity index (χ1) is 7.77. The second-order valence-electron chi connectivity index (χ2n) is 4.80. The van der Waals surface area contributed by atoms with Crippen molar-refractivity contribution in [1.82, 2.24) is 10.2 Å². The molecule has 0 amide bonds. The fourth-order valence-corrected chi connectivity index (χ4v) is 2.60. The van der Waals surface area contributed by atoms with E-state index in [9.17, 15) is 0 Å². The summed E-state index contributed by atoms with van der Waals surface area (Å²) in [6.45, 7) is 7.83. The van der Waals surface area contributed by atoms with E-state index in [2.05, 4.69) is 24.1 Å². The number of rotatable bonds is 5. The zero-order valence-electron chi connectivity index (χ0n) is 10.8. The maximum Gasteiger partial charge on any atom is 0.168 e. The summed E-state index contributed by atoms with van der Waals surface area (Å²) in [5, 5.41) is 4.33. The second-order valence-corrected chi connectivity index (χ2v) is 5.19. The van der Waals surface area contributed by atoms with Gasteiger partial charge in [-0.2, -0.15) is 0 Å². The van der Waals surface area contributed by atoms with Crippen molar-refractivity contribution in [3.63, 3.8) is 0 Å². The minimum Gasteiger partial charge on any atom is -0.363 e. The van der Waals surface area contributed by atoms with Crippen LogP contribution in [0.5, 0.6) is 0 Å². The lowest BCUT2D eigenvalue weighted by atomic mass is 9.93. The quantitative estimate of drug-likeness (QED) is 0.589. The summed E-state index contributed by atoms with van der Waals surface area (Å²) in [7, 11) is 0. The zero-order chi connectivity index (χ0) is 11.8. The van der Waals surface area contributed by atoms with Gasteiger partial charge in [-0.1, -0.05) is 33.1 Å². The van der Waals surface area contributed by atoms with Crippen LogP contribution in [0, 0.1) is 5.92 Å². The Kier molecular flexibility index (Phi) is 6.78. The first kappa shape index (κ1) is 13.8. The van der Waals surface area contributed by atoms with Crippen molar-refractivity contribution < 1.29 is 0 Å².